The molecule has 2 aliphatic heterocycles. The Morgan fingerprint density at radius 1 is 0.571 bits per heavy atom. The molecule has 2 heterocycles. The molecule has 0 aliphatic carbocycles. The van der Waals surface area contributed by atoms with Crippen LogP contribution < -0.4 is 0 Å². The van der Waals surface area contributed by atoms with Crippen LogP contribution in [0.15, 0.2) is 0 Å². The van der Waals surface area contributed by atoms with Crippen molar-refractivity contribution < 1.29 is 12.3 Å². The fraction of sp³-hybridized carbons (Fsp3) is 1.00. The second-order valence-electron chi connectivity index (χ2n) is 12.0. The molecular weight excluding hydrogens is 547 g/mol. The summed E-state index contributed by atoms with van der Waals surface area (Å²) in [5.74, 6) is 0. The molecule has 0 atom stereocenters. The van der Waals surface area contributed by atoms with Crippen molar-refractivity contribution >= 4 is 20.0 Å². The first-order valence-corrected chi connectivity index (χ1v) is 19.5. The van der Waals surface area contributed by atoms with E-state index in [1.807, 2.05) is 0 Å². The van der Waals surface area contributed by atoms with Gasteiger partial charge in [0.1, 0.15) is 0 Å². The molecule has 0 aromatic heterocycles. The van der Waals surface area contributed by atoms with Crippen molar-refractivity contribution in [2.45, 2.75) is 130 Å². The van der Waals surface area contributed by atoms with E-state index in [9.17, 15) is 0 Å². The average molecular weight is 605 g/mol. The number of unbranched alkanes of at least 4 members (excludes halogenated alkanes) is 10. The first-order chi connectivity index (χ1) is 16.7. The van der Waals surface area contributed by atoms with Crippen molar-refractivity contribution in [3.05, 3.63) is 0 Å². The predicted octanol–water partition coefficient (Wildman–Crippen LogP) is 6.40. The first kappa shape index (κ1) is 31.8. The Kier molecular flexibility index (Phi) is 15.0. The molecule has 0 aromatic carbocycles. The summed E-state index contributed by atoms with van der Waals surface area (Å²) in [6, 6.07) is 0. The van der Waals surface area contributed by atoms with Gasteiger partial charge in [-0.3, -0.25) is 0 Å². The number of hydrogen-bond acceptors (Lipinski definition) is 6. The van der Waals surface area contributed by atoms with Crippen LogP contribution in [0, 0.1) is 0 Å². The van der Waals surface area contributed by atoms with Gasteiger partial charge in [-0.2, -0.15) is 0 Å². The molecule has 2 saturated heterocycles. The SMILES string of the molecule is CCCCCCCCN1CC[O][Sn]2([O]CCN(CCCCCCCC)CC(C)(C)[O]2)[O]C(C)(C)C1. The molecule has 2 rings (SSSR count). The molecule has 2 aliphatic rings. The van der Waals surface area contributed by atoms with E-state index in [4.69, 9.17) is 12.3 Å². The van der Waals surface area contributed by atoms with Gasteiger partial charge in [-0.05, 0) is 0 Å². The van der Waals surface area contributed by atoms with E-state index < -0.39 is 20.0 Å². The van der Waals surface area contributed by atoms with Crippen LogP contribution in [0.4, 0.5) is 0 Å². The summed E-state index contributed by atoms with van der Waals surface area (Å²) in [5.41, 5.74) is -0.682. The van der Waals surface area contributed by atoms with E-state index in [0.29, 0.717) is 13.2 Å². The van der Waals surface area contributed by atoms with Crippen molar-refractivity contribution in [1.82, 2.24) is 9.80 Å². The number of rotatable bonds is 14. The zero-order valence-corrected chi connectivity index (χ0v) is 27.0. The van der Waals surface area contributed by atoms with E-state index in [-0.39, 0.29) is 11.2 Å². The van der Waals surface area contributed by atoms with Gasteiger partial charge in [0.05, 0.1) is 0 Å². The molecule has 7 heteroatoms. The van der Waals surface area contributed by atoms with Crippen molar-refractivity contribution in [2.75, 3.05) is 52.5 Å². The van der Waals surface area contributed by atoms with Crippen molar-refractivity contribution in [3.63, 3.8) is 0 Å². The zero-order chi connectivity index (χ0) is 25.6. The van der Waals surface area contributed by atoms with E-state index >= 15 is 0 Å². The average Bonchev–Trinajstić information content (AvgIpc) is 2.75. The van der Waals surface area contributed by atoms with Crippen LogP contribution in [0.5, 0.6) is 0 Å². The third-order valence-electron chi connectivity index (χ3n) is 7.04. The molecule has 0 N–H and O–H groups in total. The Morgan fingerprint density at radius 3 is 1.34 bits per heavy atom. The maximum absolute atomic E-state index is 6.72. The van der Waals surface area contributed by atoms with Crippen LogP contribution in [0.25, 0.3) is 0 Å². The molecule has 0 amide bonds. The molecule has 6 nitrogen and oxygen atoms in total. The van der Waals surface area contributed by atoms with E-state index in [1.165, 1.54) is 77.0 Å². The van der Waals surface area contributed by atoms with E-state index in [0.717, 1.165) is 39.3 Å². The van der Waals surface area contributed by atoms with E-state index in [2.05, 4.69) is 51.3 Å². The van der Waals surface area contributed by atoms with Gasteiger partial charge in [0.15, 0.2) is 0 Å². The van der Waals surface area contributed by atoms with Crippen LogP contribution in [0.1, 0.15) is 119 Å². The van der Waals surface area contributed by atoms with Crippen LogP contribution in [-0.4, -0.2) is 93.5 Å². The fourth-order valence-electron chi connectivity index (χ4n) is 5.37. The summed E-state index contributed by atoms with van der Waals surface area (Å²) >= 11 is -4.15. The standard InChI is InChI=1S/2C14H29NO2.Sn/c2*1-4-5-6-7-8-9-10-15(11-12-16)13-14(2,3)17;/h2*4-13H2,1-3H3;/q2*-2;+4. The van der Waals surface area contributed by atoms with Crippen LogP contribution in [-0.2, 0) is 12.3 Å². The summed E-state index contributed by atoms with van der Waals surface area (Å²) < 4.78 is 26.4. The van der Waals surface area contributed by atoms with Crippen LogP contribution in [0.3, 0.4) is 0 Å². The molecule has 0 saturated carbocycles. The van der Waals surface area contributed by atoms with Crippen LogP contribution in [0.2, 0.25) is 0 Å². The van der Waals surface area contributed by atoms with Crippen molar-refractivity contribution in [1.29, 1.82) is 0 Å². The topological polar surface area (TPSA) is 43.4 Å². The predicted molar refractivity (Wildman–Crippen MR) is 148 cm³/mol. The van der Waals surface area contributed by atoms with Gasteiger partial charge in [0.2, 0.25) is 0 Å². The molecule has 1 spiro atoms. The van der Waals surface area contributed by atoms with Gasteiger partial charge < -0.3 is 0 Å². The van der Waals surface area contributed by atoms with Crippen molar-refractivity contribution in [3.8, 4) is 0 Å². The van der Waals surface area contributed by atoms with Crippen molar-refractivity contribution in [2.24, 2.45) is 0 Å². The monoisotopic (exact) mass is 606 g/mol. The summed E-state index contributed by atoms with van der Waals surface area (Å²) in [6.07, 6.45) is 15.9. The Bertz CT molecular complexity index is 513. The third kappa shape index (κ3) is 13.3. The quantitative estimate of drug-likeness (QED) is 0.169. The van der Waals surface area contributed by atoms with Gasteiger partial charge in [-0.15, -0.1) is 0 Å². The van der Waals surface area contributed by atoms with Gasteiger partial charge >= 0.3 is 224 Å². The summed E-state index contributed by atoms with van der Waals surface area (Å²) in [7, 11) is 0. The molecule has 0 aromatic rings. The Morgan fingerprint density at radius 2 is 0.943 bits per heavy atom. The van der Waals surface area contributed by atoms with Gasteiger partial charge in [0, 0.05) is 0 Å². The zero-order valence-electron chi connectivity index (χ0n) is 24.2. The third-order valence-corrected chi connectivity index (χ3v) is 14.8. The summed E-state index contributed by atoms with van der Waals surface area (Å²) in [5, 5.41) is 0. The van der Waals surface area contributed by atoms with Gasteiger partial charge in [0.25, 0.3) is 0 Å². The summed E-state index contributed by atoms with van der Waals surface area (Å²) in [4.78, 5) is 5.02. The molecule has 35 heavy (non-hydrogen) atoms. The molecular formula is C28H58N2O4Sn. The Labute approximate surface area is 223 Å². The van der Waals surface area contributed by atoms with Gasteiger partial charge in [-0.25, -0.2) is 0 Å². The number of nitrogens with zero attached hydrogens (tertiary/aromatic N) is 2. The fourth-order valence-corrected chi connectivity index (χ4v) is 12.6. The van der Waals surface area contributed by atoms with E-state index in [1.54, 1.807) is 0 Å². The molecule has 0 unspecified atom stereocenters. The second-order valence-corrected chi connectivity index (χ2v) is 17.7. The minimum absolute atomic E-state index is 0.341. The Balaban J connectivity index is 1.85. The summed E-state index contributed by atoms with van der Waals surface area (Å²) in [6.45, 7) is 20.4. The minimum atomic E-state index is -4.15. The van der Waals surface area contributed by atoms with Crippen LogP contribution >= 0.6 is 0 Å². The second kappa shape index (κ2) is 16.5. The molecule has 0 radical (unpaired) electrons. The molecule has 2 fully saturated rings. The maximum atomic E-state index is 6.72. The molecule has 208 valence electrons. The van der Waals surface area contributed by atoms with Gasteiger partial charge in [-0.1, -0.05) is 0 Å². The normalized spacial score (nSPS) is 23.5. The molecule has 0 bridgehead atoms. The Hall–Kier alpha value is 0.559. The number of hydrogen-bond donors (Lipinski definition) is 0. The first-order valence-electron chi connectivity index (χ1n) is 14.8.